The number of hydrogen-bond acceptors (Lipinski definition) is 4. The number of rotatable bonds is 4. The third-order valence-corrected chi connectivity index (χ3v) is 4.21. The summed E-state index contributed by atoms with van der Waals surface area (Å²) in [6, 6.07) is 8.04. The molecule has 1 saturated heterocycles. The highest BCUT2D eigenvalue weighted by atomic mass is 19.4. The van der Waals surface area contributed by atoms with E-state index in [-0.39, 0.29) is 32.1 Å². The highest BCUT2D eigenvalue weighted by molar-refractivity contribution is 5.95. The zero-order chi connectivity index (χ0) is 20.3. The van der Waals surface area contributed by atoms with Crippen molar-refractivity contribution in [3.05, 3.63) is 53.0 Å². The molecule has 0 N–H and O–H groups in total. The van der Waals surface area contributed by atoms with E-state index in [1.807, 2.05) is 0 Å². The van der Waals surface area contributed by atoms with Crippen molar-refractivity contribution >= 4 is 5.91 Å². The van der Waals surface area contributed by atoms with E-state index < -0.39 is 29.5 Å². The van der Waals surface area contributed by atoms with E-state index in [2.05, 4.69) is 5.92 Å². The van der Waals surface area contributed by atoms with Gasteiger partial charge in [0.1, 0.15) is 24.2 Å². The molecule has 1 amide bonds. The van der Waals surface area contributed by atoms with Gasteiger partial charge in [0.2, 0.25) is 5.76 Å². The smallest absolute Gasteiger partial charge is 0.450 e. The van der Waals surface area contributed by atoms with E-state index >= 15 is 0 Å². The lowest BCUT2D eigenvalue weighted by Crippen LogP contribution is -2.47. The number of carbonyl (C=O) groups excluding carboxylic acids is 1. The van der Waals surface area contributed by atoms with Crippen LogP contribution in [0.2, 0.25) is 0 Å². The van der Waals surface area contributed by atoms with Gasteiger partial charge in [-0.05, 0) is 31.2 Å². The minimum absolute atomic E-state index is 0.0252. The molecule has 0 aliphatic carbocycles. The first-order valence-corrected chi connectivity index (χ1v) is 8.56. The number of aryl methyl sites for hydroxylation is 1. The van der Waals surface area contributed by atoms with E-state index in [0.29, 0.717) is 11.3 Å². The first kappa shape index (κ1) is 19.8. The average Bonchev–Trinajstić information content (AvgIpc) is 3.08. The third kappa shape index (κ3) is 4.49. The van der Waals surface area contributed by atoms with Gasteiger partial charge < -0.3 is 18.8 Å². The maximum absolute atomic E-state index is 13.1. The van der Waals surface area contributed by atoms with Gasteiger partial charge in [-0.3, -0.25) is 4.79 Å². The summed E-state index contributed by atoms with van der Waals surface area (Å²) in [5, 5.41) is 0. The summed E-state index contributed by atoms with van der Waals surface area (Å²) in [6.07, 6.45) is 0.129. The van der Waals surface area contributed by atoms with Crippen LogP contribution < -0.4 is 4.74 Å². The molecule has 148 valence electrons. The second-order valence-electron chi connectivity index (χ2n) is 6.32. The Kier molecular flexibility index (Phi) is 5.66. The van der Waals surface area contributed by atoms with Crippen LogP contribution in [0.25, 0.3) is 0 Å². The number of halogens is 3. The summed E-state index contributed by atoms with van der Waals surface area (Å²) in [5.74, 6) is 1.05. The van der Waals surface area contributed by atoms with Crippen molar-refractivity contribution in [3.8, 4) is 18.1 Å². The molecule has 1 aliphatic rings. The fraction of sp³-hybridized carbons (Fsp3) is 0.350. The number of carbonyl (C=O) groups is 1. The molecular weight excluding hydrogens is 375 g/mol. The number of terminal acetylenes is 1. The molecule has 1 atom stereocenters. The van der Waals surface area contributed by atoms with E-state index in [9.17, 15) is 18.0 Å². The molecule has 2 heterocycles. The molecule has 1 aromatic carbocycles. The molecule has 1 aliphatic heterocycles. The van der Waals surface area contributed by atoms with Gasteiger partial charge >= 0.3 is 6.18 Å². The molecular formula is C20H18F3NO4. The summed E-state index contributed by atoms with van der Waals surface area (Å²) in [6.45, 7) is 1.99. The number of benzene rings is 1. The van der Waals surface area contributed by atoms with Crippen LogP contribution in [0.4, 0.5) is 13.2 Å². The number of furan rings is 1. The number of nitrogens with zero attached hydrogens (tertiary/aromatic N) is 1. The van der Waals surface area contributed by atoms with Gasteiger partial charge in [-0.2, -0.15) is 13.2 Å². The summed E-state index contributed by atoms with van der Waals surface area (Å²) in [7, 11) is 0. The Hall–Kier alpha value is -2.92. The summed E-state index contributed by atoms with van der Waals surface area (Å²) < 4.78 is 55.3. The van der Waals surface area contributed by atoms with Crippen molar-refractivity contribution in [1.29, 1.82) is 0 Å². The Labute approximate surface area is 160 Å². The predicted octanol–water partition coefficient (Wildman–Crippen LogP) is 3.51. The van der Waals surface area contributed by atoms with Gasteiger partial charge in [0, 0.05) is 12.1 Å². The van der Waals surface area contributed by atoms with Crippen LogP contribution in [0.5, 0.6) is 5.75 Å². The molecule has 0 spiro atoms. The fourth-order valence-corrected chi connectivity index (χ4v) is 2.92. The van der Waals surface area contributed by atoms with Crippen molar-refractivity contribution in [1.82, 2.24) is 4.90 Å². The molecule has 0 saturated carbocycles. The van der Waals surface area contributed by atoms with E-state index in [1.165, 1.54) is 11.8 Å². The third-order valence-electron chi connectivity index (χ3n) is 4.21. The lowest BCUT2D eigenvalue weighted by atomic mass is 10.1. The molecule has 0 bridgehead atoms. The number of amides is 1. The van der Waals surface area contributed by atoms with Crippen LogP contribution in [0.15, 0.2) is 34.7 Å². The first-order chi connectivity index (χ1) is 13.3. The molecule has 1 aromatic heterocycles. The lowest BCUT2D eigenvalue weighted by molar-refractivity contribution is -0.153. The first-order valence-electron chi connectivity index (χ1n) is 8.56. The molecule has 1 fully saturated rings. The van der Waals surface area contributed by atoms with Gasteiger partial charge in [0.05, 0.1) is 18.7 Å². The molecule has 3 rings (SSSR count). The van der Waals surface area contributed by atoms with E-state index in [0.717, 1.165) is 6.07 Å². The van der Waals surface area contributed by atoms with Crippen molar-refractivity contribution in [2.75, 3.05) is 26.3 Å². The summed E-state index contributed by atoms with van der Waals surface area (Å²) >= 11 is 0. The van der Waals surface area contributed by atoms with Gasteiger partial charge in [0.25, 0.3) is 5.91 Å². The quantitative estimate of drug-likeness (QED) is 0.746. The predicted molar refractivity (Wildman–Crippen MR) is 94.0 cm³/mol. The van der Waals surface area contributed by atoms with Crippen LogP contribution >= 0.6 is 0 Å². The van der Waals surface area contributed by atoms with Gasteiger partial charge in [-0.1, -0.05) is 12.0 Å². The van der Waals surface area contributed by atoms with Gasteiger partial charge in [-0.25, -0.2) is 0 Å². The van der Waals surface area contributed by atoms with E-state index in [1.54, 1.807) is 24.3 Å². The normalized spacial score (nSPS) is 17.2. The van der Waals surface area contributed by atoms with Crippen molar-refractivity contribution in [2.45, 2.75) is 19.2 Å². The highest BCUT2D eigenvalue weighted by Crippen LogP contribution is 2.34. The number of ether oxygens (including phenoxy) is 2. The molecule has 1 unspecified atom stereocenters. The number of hydrogen-bond donors (Lipinski definition) is 0. The SMILES string of the molecule is C#Cc1cccc(OCC2CN(C(=O)c3cc(C)oc3C(F)(F)F)CCO2)c1. The molecule has 8 heteroatoms. The topological polar surface area (TPSA) is 51.9 Å². The fourth-order valence-electron chi connectivity index (χ4n) is 2.92. The number of alkyl halides is 3. The zero-order valence-electron chi connectivity index (χ0n) is 15.1. The minimum atomic E-state index is -4.74. The maximum atomic E-state index is 13.1. The monoisotopic (exact) mass is 393 g/mol. The van der Waals surface area contributed by atoms with Crippen LogP contribution in [0, 0.1) is 19.3 Å². The maximum Gasteiger partial charge on any atom is 0.450 e. The molecule has 2 aromatic rings. The Morgan fingerprint density at radius 2 is 2.18 bits per heavy atom. The Morgan fingerprint density at radius 3 is 2.89 bits per heavy atom. The summed E-state index contributed by atoms with van der Waals surface area (Å²) in [4.78, 5) is 13.9. The Bertz CT molecular complexity index is 898. The number of morpholine rings is 1. The van der Waals surface area contributed by atoms with Crippen LogP contribution in [-0.4, -0.2) is 43.2 Å². The second-order valence-corrected chi connectivity index (χ2v) is 6.32. The highest BCUT2D eigenvalue weighted by Gasteiger charge is 2.41. The van der Waals surface area contributed by atoms with Gasteiger partial charge in [0.15, 0.2) is 0 Å². The van der Waals surface area contributed by atoms with E-state index in [4.69, 9.17) is 20.3 Å². The lowest BCUT2D eigenvalue weighted by Gasteiger charge is -2.32. The Morgan fingerprint density at radius 1 is 1.39 bits per heavy atom. The standard InChI is InChI=1S/C20H18F3NO4/c1-3-14-5-4-6-15(10-14)27-12-16-11-24(7-8-26-16)19(25)17-9-13(2)28-18(17)20(21,22)23/h1,4-6,9-10,16H,7-8,11-12H2,2H3. The van der Waals surface area contributed by atoms with Crippen LogP contribution in [0.3, 0.4) is 0 Å². The second kappa shape index (κ2) is 7.98. The van der Waals surface area contributed by atoms with Crippen molar-refractivity contribution in [2.24, 2.45) is 0 Å². The molecule has 28 heavy (non-hydrogen) atoms. The largest absolute Gasteiger partial charge is 0.491 e. The summed E-state index contributed by atoms with van der Waals surface area (Å²) in [5.41, 5.74) is 0.169. The van der Waals surface area contributed by atoms with Gasteiger partial charge in [-0.15, -0.1) is 6.42 Å². The molecule has 0 radical (unpaired) electrons. The van der Waals surface area contributed by atoms with Crippen LogP contribution in [0.1, 0.15) is 27.4 Å². The Balaban J connectivity index is 1.66. The van der Waals surface area contributed by atoms with Crippen LogP contribution in [-0.2, 0) is 10.9 Å². The average molecular weight is 393 g/mol. The minimum Gasteiger partial charge on any atom is -0.491 e. The van der Waals surface area contributed by atoms with Crippen molar-refractivity contribution in [3.63, 3.8) is 0 Å². The molecule has 5 nitrogen and oxygen atoms in total. The zero-order valence-corrected chi connectivity index (χ0v) is 15.1. The van der Waals surface area contributed by atoms with Crippen molar-refractivity contribution < 1.29 is 31.9 Å².